The van der Waals surface area contributed by atoms with Gasteiger partial charge in [0.2, 0.25) is 0 Å². The molecule has 0 atom stereocenters. The molecule has 1 rings (SSSR count). The van der Waals surface area contributed by atoms with Crippen LogP contribution in [-0.4, -0.2) is 23.8 Å². The van der Waals surface area contributed by atoms with Gasteiger partial charge in [-0.2, -0.15) is 13.2 Å². The Bertz CT molecular complexity index is 438. The summed E-state index contributed by atoms with van der Waals surface area (Å²) in [5, 5.41) is 0.131. The predicted octanol–water partition coefficient (Wildman–Crippen LogP) is 2.34. The lowest BCUT2D eigenvalue weighted by Gasteiger charge is -2.09. The van der Waals surface area contributed by atoms with Crippen molar-refractivity contribution in [1.29, 1.82) is 0 Å². The molecule has 1 aromatic rings. The van der Waals surface area contributed by atoms with Crippen LogP contribution in [0.1, 0.15) is 12.0 Å². The van der Waals surface area contributed by atoms with Crippen molar-refractivity contribution in [2.75, 3.05) is 18.6 Å². The molecule has 100 valence electrons. The average Bonchev–Trinajstić information content (AvgIpc) is 2.27. The first kappa shape index (κ1) is 14.6. The smallest absolute Gasteiger partial charge is 0.416 e. The van der Waals surface area contributed by atoms with Crippen molar-refractivity contribution in [1.82, 2.24) is 4.98 Å². The van der Waals surface area contributed by atoms with Gasteiger partial charge in [0, 0.05) is 5.75 Å². The number of nitrogens with two attached hydrogens (primary N) is 1. The fourth-order valence-electron chi connectivity index (χ4n) is 1.10. The molecule has 0 aliphatic carbocycles. The Balaban J connectivity index is 2.72. The Morgan fingerprint density at radius 3 is 2.72 bits per heavy atom. The molecule has 18 heavy (non-hydrogen) atoms. The Kier molecular flexibility index (Phi) is 4.83. The Morgan fingerprint density at radius 1 is 1.50 bits per heavy atom. The third kappa shape index (κ3) is 4.44. The standard InChI is InChI=1S/C10H11F3N2O2S/c1-17-9(16)2-3-18-8-5-6(10(11,12)13)4-7(14)15-8/h4-5H,2-3H2,1H3,(H2,14,15). The van der Waals surface area contributed by atoms with Crippen LogP contribution in [-0.2, 0) is 15.7 Å². The molecule has 0 fully saturated rings. The van der Waals surface area contributed by atoms with E-state index in [2.05, 4.69) is 9.72 Å². The number of halogens is 3. The topological polar surface area (TPSA) is 65.2 Å². The number of methoxy groups -OCH3 is 1. The lowest BCUT2D eigenvalue weighted by Crippen LogP contribution is -2.07. The average molecular weight is 280 g/mol. The van der Waals surface area contributed by atoms with Gasteiger partial charge < -0.3 is 10.5 Å². The molecule has 0 bridgehead atoms. The third-order valence-corrected chi connectivity index (χ3v) is 2.85. The van der Waals surface area contributed by atoms with Crippen LogP contribution in [0.15, 0.2) is 17.2 Å². The molecular formula is C10H11F3N2O2S. The van der Waals surface area contributed by atoms with Gasteiger partial charge in [-0.05, 0) is 12.1 Å². The van der Waals surface area contributed by atoms with Crippen LogP contribution in [0.4, 0.5) is 19.0 Å². The number of carbonyl (C=O) groups is 1. The SMILES string of the molecule is COC(=O)CCSc1cc(C(F)(F)F)cc(N)n1. The number of nitrogen functional groups attached to an aromatic ring is 1. The van der Waals surface area contributed by atoms with Crippen molar-refractivity contribution >= 4 is 23.5 Å². The van der Waals surface area contributed by atoms with Crippen LogP contribution in [0.5, 0.6) is 0 Å². The summed E-state index contributed by atoms with van der Waals surface area (Å²) in [5.74, 6) is -0.353. The van der Waals surface area contributed by atoms with Crippen LogP contribution in [0.3, 0.4) is 0 Å². The minimum absolute atomic E-state index is 0.0962. The second-order valence-electron chi connectivity index (χ2n) is 3.29. The number of ether oxygens (including phenoxy) is 1. The van der Waals surface area contributed by atoms with E-state index in [1.165, 1.54) is 7.11 Å². The molecule has 1 heterocycles. The van der Waals surface area contributed by atoms with E-state index in [0.717, 1.165) is 23.9 Å². The summed E-state index contributed by atoms with van der Waals surface area (Å²) in [7, 11) is 1.24. The first-order valence-electron chi connectivity index (χ1n) is 4.87. The zero-order valence-electron chi connectivity index (χ0n) is 9.45. The molecule has 0 radical (unpaired) electrons. The quantitative estimate of drug-likeness (QED) is 0.677. The molecule has 0 unspecified atom stereocenters. The van der Waals surface area contributed by atoms with Gasteiger partial charge in [-0.3, -0.25) is 4.79 Å². The highest BCUT2D eigenvalue weighted by atomic mass is 32.2. The van der Waals surface area contributed by atoms with Gasteiger partial charge in [0.1, 0.15) is 5.82 Å². The van der Waals surface area contributed by atoms with Gasteiger partial charge >= 0.3 is 12.1 Å². The van der Waals surface area contributed by atoms with Gasteiger partial charge in [-0.25, -0.2) is 4.98 Å². The van der Waals surface area contributed by atoms with Crippen molar-refractivity contribution < 1.29 is 22.7 Å². The first-order valence-corrected chi connectivity index (χ1v) is 5.86. The number of anilines is 1. The minimum atomic E-state index is -4.46. The molecule has 0 aliphatic rings. The van der Waals surface area contributed by atoms with Gasteiger partial charge in [0.25, 0.3) is 0 Å². The largest absolute Gasteiger partial charge is 0.469 e. The van der Waals surface area contributed by atoms with Crippen LogP contribution in [0.25, 0.3) is 0 Å². The summed E-state index contributed by atoms with van der Waals surface area (Å²) in [5.41, 5.74) is 4.45. The number of esters is 1. The Labute approximate surface area is 106 Å². The summed E-state index contributed by atoms with van der Waals surface area (Å²) in [4.78, 5) is 14.6. The van der Waals surface area contributed by atoms with E-state index >= 15 is 0 Å². The summed E-state index contributed by atoms with van der Waals surface area (Å²) in [6, 6.07) is 1.67. The maximum atomic E-state index is 12.5. The molecule has 1 aromatic heterocycles. The number of thioether (sulfide) groups is 1. The lowest BCUT2D eigenvalue weighted by atomic mass is 10.2. The number of rotatable bonds is 4. The summed E-state index contributed by atoms with van der Waals surface area (Å²) in [6.07, 6.45) is -4.37. The molecule has 0 saturated carbocycles. The fraction of sp³-hybridized carbons (Fsp3) is 0.400. The second kappa shape index (κ2) is 5.94. The van der Waals surface area contributed by atoms with Gasteiger partial charge in [0.05, 0.1) is 24.1 Å². The molecule has 2 N–H and O–H groups in total. The van der Waals surface area contributed by atoms with E-state index in [-0.39, 0.29) is 23.0 Å². The monoisotopic (exact) mass is 280 g/mol. The van der Waals surface area contributed by atoms with Crippen LogP contribution in [0, 0.1) is 0 Å². The zero-order chi connectivity index (χ0) is 13.8. The lowest BCUT2D eigenvalue weighted by molar-refractivity contribution is -0.140. The van der Waals surface area contributed by atoms with Gasteiger partial charge in [-0.1, -0.05) is 0 Å². The molecule has 4 nitrogen and oxygen atoms in total. The maximum Gasteiger partial charge on any atom is 0.416 e. The van der Waals surface area contributed by atoms with E-state index in [0.29, 0.717) is 0 Å². The van der Waals surface area contributed by atoms with Crippen molar-refractivity contribution in [3.05, 3.63) is 17.7 Å². The highest BCUT2D eigenvalue weighted by Crippen LogP contribution is 2.32. The number of pyridine rings is 1. The molecule has 8 heteroatoms. The van der Waals surface area contributed by atoms with E-state index in [1.807, 2.05) is 0 Å². The van der Waals surface area contributed by atoms with Crippen LogP contribution < -0.4 is 5.73 Å². The number of hydrogen-bond donors (Lipinski definition) is 1. The number of nitrogens with zero attached hydrogens (tertiary/aromatic N) is 1. The summed E-state index contributed by atoms with van der Waals surface area (Å²) < 4.78 is 41.9. The highest BCUT2D eigenvalue weighted by molar-refractivity contribution is 7.99. The van der Waals surface area contributed by atoms with Gasteiger partial charge in [-0.15, -0.1) is 11.8 Å². The zero-order valence-corrected chi connectivity index (χ0v) is 10.3. The van der Waals surface area contributed by atoms with E-state index in [4.69, 9.17) is 5.73 Å². The summed E-state index contributed by atoms with van der Waals surface area (Å²) >= 11 is 1.02. The second-order valence-corrected chi connectivity index (χ2v) is 4.41. The first-order chi connectivity index (χ1) is 8.32. The number of hydrogen-bond acceptors (Lipinski definition) is 5. The van der Waals surface area contributed by atoms with E-state index in [1.54, 1.807) is 0 Å². The van der Waals surface area contributed by atoms with Crippen molar-refractivity contribution in [3.63, 3.8) is 0 Å². The fourth-order valence-corrected chi connectivity index (χ4v) is 1.96. The molecular weight excluding hydrogens is 269 g/mol. The van der Waals surface area contributed by atoms with E-state index in [9.17, 15) is 18.0 Å². The minimum Gasteiger partial charge on any atom is -0.469 e. The predicted molar refractivity (Wildman–Crippen MR) is 61.0 cm³/mol. The Morgan fingerprint density at radius 2 is 2.17 bits per heavy atom. The maximum absolute atomic E-state index is 12.5. The number of aromatic nitrogens is 1. The number of carbonyl (C=O) groups excluding carboxylic acids is 1. The normalized spacial score (nSPS) is 11.3. The third-order valence-electron chi connectivity index (χ3n) is 1.93. The van der Waals surface area contributed by atoms with Crippen LogP contribution in [0.2, 0.25) is 0 Å². The highest BCUT2D eigenvalue weighted by Gasteiger charge is 2.31. The molecule has 0 aromatic carbocycles. The van der Waals surface area contributed by atoms with Crippen LogP contribution >= 0.6 is 11.8 Å². The van der Waals surface area contributed by atoms with E-state index < -0.39 is 17.7 Å². The van der Waals surface area contributed by atoms with Crippen molar-refractivity contribution in [2.24, 2.45) is 0 Å². The summed E-state index contributed by atoms with van der Waals surface area (Å²) in [6.45, 7) is 0. The van der Waals surface area contributed by atoms with Crippen molar-refractivity contribution in [3.8, 4) is 0 Å². The number of alkyl halides is 3. The molecule has 0 aliphatic heterocycles. The molecule has 0 spiro atoms. The van der Waals surface area contributed by atoms with Crippen molar-refractivity contribution in [2.45, 2.75) is 17.6 Å². The molecule has 0 saturated heterocycles. The molecule has 0 amide bonds. The Hall–Kier alpha value is -1.44. The van der Waals surface area contributed by atoms with Gasteiger partial charge in [0.15, 0.2) is 0 Å².